The third-order valence-corrected chi connectivity index (χ3v) is 5.40. The van der Waals surface area contributed by atoms with Crippen molar-refractivity contribution < 1.29 is 9.72 Å². The highest BCUT2D eigenvalue weighted by atomic mass is 16.6. The van der Waals surface area contributed by atoms with Gasteiger partial charge in [0.2, 0.25) is 5.91 Å². The second-order valence-corrected chi connectivity index (χ2v) is 7.55. The molecule has 0 heterocycles. The summed E-state index contributed by atoms with van der Waals surface area (Å²) in [5.41, 5.74) is 0.491. The lowest BCUT2D eigenvalue weighted by atomic mass is 9.75. The highest BCUT2D eigenvalue weighted by Gasteiger charge is 2.37. The molecule has 1 aromatic carbocycles. The van der Waals surface area contributed by atoms with Gasteiger partial charge in [-0.15, -0.1) is 0 Å². The summed E-state index contributed by atoms with van der Waals surface area (Å²) < 4.78 is 0. The molecule has 0 aromatic heterocycles. The van der Waals surface area contributed by atoms with E-state index in [-0.39, 0.29) is 23.6 Å². The molecule has 1 aliphatic rings. The highest BCUT2D eigenvalue weighted by molar-refractivity contribution is 5.76. The van der Waals surface area contributed by atoms with Gasteiger partial charge in [-0.1, -0.05) is 31.9 Å². The van der Waals surface area contributed by atoms with Crippen LogP contribution in [0.1, 0.15) is 39.0 Å². The van der Waals surface area contributed by atoms with Crippen molar-refractivity contribution >= 4 is 17.3 Å². The summed E-state index contributed by atoms with van der Waals surface area (Å²) in [7, 11) is 4.17. The number of nitrogens with zero attached hydrogens (tertiary/aromatic N) is 2. The SMILES string of the molecule is CC1CCCC(CNC(=O)CCNc2ccccc2[N+](=O)[O-])(N(C)C)C1. The van der Waals surface area contributed by atoms with Crippen molar-refractivity contribution in [3.63, 3.8) is 0 Å². The number of carbonyl (C=O) groups is 1. The summed E-state index contributed by atoms with van der Waals surface area (Å²) >= 11 is 0. The molecule has 7 heteroatoms. The van der Waals surface area contributed by atoms with E-state index in [4.69, 9.17) is 0 Å². The van der Waals surface area contributed by atoms with Crippen molar-refractivity contribution in [3.05, 3.63) is 34.4 Å². The predicted molar refractivity (Wildman–Crippen MR) is 103 cm³/mol. The number of carbonyl (C=O) groups excluding carboxylic acids is 1. The fourth-order valence-corrected chi connectivity index (χ4v) is 3.80. The van der Waals surface area contributed by atoms with Gasteiger partial charge in [0.15, 0.2) is 0 Å². The molecule has 0 saturated heterocycles. The molecular formula is C19H30N4O3. The molecule has 1 aromatic rings. The number of hydrogen-bond donors (Lipinski definition) is 2. The maximum absolute atomic E-state index is 12.2. The van der Waals surface area contributed by atoms with Gasteiger partial charge in [0.1, 0.15) is 5.69 Å². The van der Waals surface area contributed by atoms with E-state index < -0.39 is 4.92 Å². The van der Waals surface area contributed by atoms with E-state index in [1.54, 1.807) is 18.2 Å². The van der Waals surface area contributed by atoms with Crippen LogP contribution in [0.15, 0.2) is 24.3 Å². The Labute approximate surface area is 155 Å². The largest absolute Gasteiger partial charge is 0.379 e. The molecule has 0 aliphatic heterocycles. The zero-order valence-corrected chi connectivity index (χ0v) is 16.0. The molecule has 144 valence electrons. The standard InChI is InChI=1S/C19H30N4O3/c1-15-7-6-11-19(13-15,22(2)3)14-21-18(24)10-12-20-16-8-4-5-9-17(16)23(25)26/h4-5,8-9,15,20H,6-7,10-14H2,1-3H3,(H,21,24). The maximum atomic E-state index is 12.2. The van der Waals surface area contributed by atoms with Crippen LogP contribution in [-0.2, 0) is 4.79 Å². The minimum absolute atomic E-state index is 0.0238. The minimum atomic E-state index is -0.423. The number of nitro groups is 1. The average molecular weight is 362 g/mol. The molecule has 2 N–H and O–H groups in total. The second-order valence-electron chi connectivity index (χ2n) is 7.55. The molecule has 1 fully saturated rings. The van der Waals surface area contributed by atoms with Crippen LogP contribution in [0.25, 0.3) is 0 Å². The smallest absolute Gasteiger partial charge is 0.292 e. The molecular weight excluding hydrogens is 332 g/mol. The normalized spacial score (nSPS) is 22.8. The van der Waals surface area contributed by atoms with Crippen LogP contribution >= 0.6 is 0 Å². The van der Waals surface area contributed by atoms with Gasteiger partial charge in [-0.05, 0) is 38.9 Å². The average Bonchev–Trinajstić information content (AvgIpc) is 2.60. The summed E-state index contributed by atoms with van der Waals surface area (Å²) in [4.78, 5) is 25.1. The van der Waals surface area contributed by atoms with E-state index in [1.165, 1.54) is 18.9 Å². The number of nitrogens with one attached hydrogen (secondary N) is 2. The third kappa shape index (κ3) is 5.17. The summed E-state index contributed by atoms with van der Waals surface area (Å²) in [5, 5.41) is 17.1. The lowest BCUT2D eigenvalue weighted by Gasteiger charge is -2.45. The van der Waals surface area contributed by atoms with Crippen LogP contribution in [0.4, 0.5) is 11.4 Å². The molecule has 2 unspecified atom stereocenters. The minimum Gasteiger partial charge on any atom is -0.379 e. The van der Waals surface area contributed by atoms with Crippen LogP contribution in [0.3, 0.4) is 0 Å². The maximum Gasteiger partial charge on any atom is 0.292 e. The molecule has 1 aliphatic carbocycles. The number of para-hydroxylation sites is 2. The predicted octanol–water partition coefficient (Wildman–Crippen LogP) is 3.02. The number of hydrogen-bond acceptors (Lipinski definition) is 5. The Balaban J connectivity index is 1.83. The molecule has 7 nitrogen and oxygen atoms in total. The van der Waals surface area contributed by atoms with Crippen LogP contribution in [0, 0.1) is 16.0 Å². The summed E-state index contributed by atoms with van der Waals surface area (Å²) in [6, 6.07) is 6.47. The van der Waals surface area contributed by atoms with E-state index in [9.17, 15) is 14.9 Å². The Bertz CT molecular complexity index is 635. The Kier molecular flexibility index (Phi) is 6.97. The fourth-order valence-electron chi connectivity index (χ4n) is 3.80. The van der Waals surface area contributed by atoms with Crippen molar-refractivity contribution in [1.82, 2.24) is 10.2 Å². The van der Waals surface area contributed by atoms with Gasteiger partial charge >= 0.3 is 0 Å². The van der Waals surface area contributed by atoms with Crippen molar-refractivity contribution in [3.8, 4) is 0 Å². The van der Waals surface area contributed by atoms with Gasteiger partial charge in [0.25, 0.3) is 5.69 Å². The third-order valence-electron chi connectivity index (χ3n) is 5.40. The monoisotopic (exact) mass is 362 g/mol. The first kappa shape index (κ1) is 20.2. The molecule has 0 bridgehead atoms. The van der Waals surface area contributed by atoms with Crippen LogP contribution in [-0.4, -0.2) is 48.5 Å². The number of anilines is 1. The van der Waals surface area contributed by atoms with Crippen LogP contribution in [0.2, 0.25) is 0 Å². The molecule has 2 rings (SSSR count). The number of rotatable bonds is 8. The number of benzene rings is 1. The van der Waals surface area contributed by atoms with Gasteiger partial charge < -0.3 is 15.5 Å². The van der Waals surface area contributed by atoms with Crippen LogP contribution in [0.5, 0.6) is 0 Å². The van der Waals surface area contributed by atoms with Gasteiger partial charge in [0.05, 0.1) is 4.92 Å². The topological polar surface area (TPSA) is 87.5 Å². The summed E-state index contributed by atoms with van der Waals surface area (Å²) in [5.74, 6) is 0.638. The first-order valence-electron chi connectivity index (χ1n) is 9.25. The summed E-state index contributed by atoms with van der Waals surface area (Å²) in [6.45, 7) is 3.28. The van der Waals surface area contributed by atoms with Gasteiger partial charge in [-0.25, -0.2) is 0 Å². The zero-order valence-electron chi connectivity index (χ0n) is 16.0. The Morgan fingerprint density at radius 1 is 1.38 bits per heavy atom. The second kappa shape index (κ2) is 8.98. The van der Waals surface area contributed by atoms with Gasteiger partial charge in [-0.2, -0.15) is 0 Å². The molecule has 26 heavy (non-hydrogen) atoms. The molecule has 2 atom stereocenters. The van der Waals surface area contributed by atoms with Crippen molar-refractivity contribution in [2.75, 3.05) is 32.5 Å². The Hall–Kier alpha value is -2.15. The highest BCUT2D eigenvalue weighted by Crippen LogP contribution is 2.35. The molecule has 0 spiro atoms. The number of nitro benzene ring substituents is 1. The lowest BCUT2D eigenvalue weighted by molar-refractivity contribution is -0.384. The summed E-state index contributed by atoms with van der Waals surface area (Å²) in [6.07, 6.45) is 4.91. The van der Waals surface area contributed by atoms with Gasteiger partial charge in [-0.3, -0.25) is 14.9 Å². The van der Waals surface area contributed by atoms with Gasteiger partial charge in [0, 0.05) is 31.1 Å². The van der Waals surface area contributed by atoms with E-state index in [0.29, 0.717) is 24.7 Å². The zero-order chi connectivity index (χ0) is 19.2. The van der Waals surface area contributed by atoms with Crippen molar-refractivity contribution in [2.24, 2.45) is 5.92 Å². The van der Waals surface area contributed by atoms with E-state index in [2.05, 4.69) is 36.6 Å². The van der Waals surface area contributed by atoms with Crippen molar-refractivity contribution in [2.45, 2.75) is 44.6 Å². The number of amides is 1. The molecule has 1 saturated carbocycles. The van der Waals surface area contributed by atoms with E-state index >= 15 is 0 Å². The fraction of sp³-hybridized carbons (Fsp3) is 0.632. The van der Waals surface area contributed by atoms with E-state index in [0.717, 1.165) is 12.8 Å². The lowest BCUT2D eigenvalue weighted by Crippen LogP contribution is -2.55. The first-order valence-corrected chi connectivity index (χ1v) is 9.25. The Morgan fingerprint density at radius 3 is 2.77 bits per heavy atom. The van der Waals surface area contributed by atoms with Crippen LogP contribution < -0.4 is 10.6 Å². The van der Waals surface area contributed by atoms with E-state index in [1.807, 2.05) is 0 Å². The quantitative estimate of drug-likeness (QED) is 0.548. The molecule has 1 amide bonds. The molecule has 0 radical (unpaired) electrons. The number of likely N-dealkylation sites (N-methyl/N-ethyl adjacent to an activating group) is 1. The van der Waals surface area contributed by atoms with Crippen molar-refractivity contribution in [1.29, 1.82) is 0 Å². The first-order chi connectivity index (χ1) is 12.3. The Morgan fingerprint density at radius 2 is 2.12 bits per heavy atom.